The van der Waals surface area contributed by atoms with Gasteiger partial charge >= 0.3 is 0 Å². The highest BCUT2D eigenvalue weighted by atomic mass is 35.5. The average molecular weight is 171 g/mol. The van der Waals surface area contributed by atoms with Crippen molar-refractivity contribution in [2.24, 2.45) is 5.92 Å². The maximum absolute atomic E-state index is 10.5. The van der Waals surface area contributed by atoms with Gasteiger partial charge in [-0.15, -0.1) is 11.6 Å². The van der Waals surface area contributed by atoms with Crippen LogP contribution in [0.3, 0.4) is 0 Å². The molecular weight excluding hydrogens is 164 g/mol. The predicted octanol–water partition coefficient (Wildman–Crippen LogP) is 1.10. The molecule has 0 fully saturated rings. The van der Waals surface area contributed by atoms with Crippen molar-refractivity contribution in [1.29, 1.82) is 0 Å². The van der Waals surface area contributed by atoms with E-state index in [-0.39, 0.29) is 0 Å². The van der Waals surface area contributed by atoms with Gasteiger partial charge in [0.05, 0.1) is 5.92 Å². The first-order valence-corrected chi connectivity index (χ1v) is 3.57. The lowest BCUT2D eigenvalue weighted by atomic mass is 9.90. The van der Waals surface area contributed by atoms with Crippen molar-refractivity contribution in [3.05, 3.63) is 24.3 Å². The minimum Gasteiger partial charge on any atom is -0.303 e. The van der Waals surface area contributed by atoms with Gasteiger partial charge < -0.3 is 9.59 Å². The Morgan fingerprint density at radius 1 is 1.36 bits per heavy atom. The number of rotatable bonds is 2. The Morgan fingerprint density at radius 3 is 2.55 bits per heavy atom. The van der Waals surface area contributed by atoms with E-state index < -0.39 is 10.8 Å². The van der Waals surface area contributed by atoms with Gasteiger partial charge in [0.1, 0.15) is 17.4 Å². The van der Waals surface area contributed by atoms with Crippen LogP contribution in [0.5, 0.6) is 0 Å². The molecule has 2 atom stereocenters. The van der Waals surface area contributed by atoms with Gasteiger partial charge in [-0.3, -0.25) is 0 Å². The molecule has 0 aromatic carbocycles. The number of hydrogen-bond donors (Lipinski definition) is 0. The third-order valence-corrected chi connectivity index (χ3v) is 2.09. The lowest BCUT2D eigenvalue weighted by Crippen LogP contribution is -2.32. The standard InChI is InChI=1S/C8H7ClO2/c9-8(6-11)4-2-1-3-7(8)5-10/h1-7H. The second kappa shape index (κ2) is 3.01. The summed E-state index contributed by atoms with van der Waals surface area (Å²) < 4.78 is 0. The zero-order chi connectivity index (χ0) is 8.32. The zero-order valence-corrected chi connectivity index (χ0v) is 6.49. The molecule has 0 heterocycles. The van der Waals surface area contributed by atoms with Gasteiger partial charge in [0.15, 0.2) is 0 Å². The van der Waals surface area contributed by atoms with Crippen LogP contribution in [0.1, 0.15) is 0 Å². The highest BCUT2D eigenvalue weighted by Crippen LogP contribution is 2.27. The van der Waals surface area contributed by atoms with Crippen molar-refractivity contribution >= 4 is 24.2 Å². The van der Waals surface area contributed by atoms with Crippen LogP contribution < -0.4 is 0 Å². The fourth-order valence-corrected chi connectivity index (χ4v) is 1.11. The van der Waals surface area contributed by atoms with Gasteiger partial charge in [-0.05, 0) is 0 Å². The Labute approximate surface area is 69.5 Å². The Morgan fingerprint density at radius 2 is 2.09 bits per heavy atom. The first-order valence-electron chi connectivity index (χ1n) is 3.19. The lowest BCUT2D eigenvalue weighted by molar-refractivity contribution is -0.115. The maximum atomic E-state index is 10.5. The molecule has 3 heteroatoms. The molecule has 58 valence electrons. The van der Waals surface area contributed by atoms with Crippen LogP contribution in [0.25, 0.3) is 0 Å². The summed E-state index contributed by atoms with van der Waals surface area (Å²) in [6, 6.07) is 0. The Kier molecular flexibility index (Phi) is 2.25. The van der Waals surface area contributed by atoms with Crippen LogP contribution in [-0.4, -0.2) is 17.4 Å². The van der Waals surface area contributed by atoms with Crippen molar-refractivity contribution in [3.8, 4) is 0 Å². The fourth-order valence-electron chi connectivity index (χ4n) is 0.913. The van der Waals surface area contributed by atoms with E-state index in [1.54, 1.807) is 18.2 Å². The molecular formula is C8H7ClO2. The Bertz CT molecular complexity index is 232. The van der Waals surface area contributed by atoms with E-state index in [9.17, 15) is 9.59 Å². The molecule has 0 N–H and O–H groups in total. The van der Waals surface area contributed by atoms with Gasteiger partial charge in [0, 0.05) is 0 Å². The van der Waals surface area contributed by atoms with Crippen LogP contribution in [0, 0.1) is 5.92 Å². The SMILES string of the molecule is O=CC1C=CC=CC1(Cl)C=O. The quantitative estimate of drug-likeness (QED) is 0.460. The molecule has 1 rings (SSSR count). The summed E-state index contributed by atoms with van der Waals surface area (Å²) in [4.78, 5) is 19.7. The number of halogens is 1. The number of aldehydes is 2. The molecule has 1 aliphatic carbocycles. The van der Waals surface area contributed by atoms with Crippen molar-refractivity contribution < 1.29 is 9.59 Å². The molecule has 0 bridgehead atoms. The second-order valence-corrected chi connectivity index (χ2v) is 3.01. The Hall–Kier alpha value is -0.890. The molecule has 11 heavy (non-hydrogen) atoms. The van der Waals surface area contributed by atoms with Crippen molar-refractivity contribution in [2.75, 3.05) is 0 Å². The van der Waals surface area contributed by atoms with E-state index in [0.717, 1.165) is 0 Å². The van der Waals surface area contributed by atoms with Gasteiger partial charge in [0.25, 0.3) is 0 Å². The van der Waals surface area contributed by atoms with Crippen LogP contribution >= 0.6 is 11.6 Å². The minimum absolute atomic E-state index is 0.535. The van der Waals surface area contributed by atoms with Crippen molar-refractivity contribution in [3.63, 3.8) is 0 Å². The van der Waals surface area contributed by atoms with Crippen LogP contribution in [0.4, 0.5) is 0 Å². The summed E-state index contributed by atoms with van der Waals surface area (Å²) in [5.41, 5.74) is 0. The smallest absolute Gasteiger partial charge is 0.145 e. The minimum atomic E-state index is -1.16. The highest BCUT2D eigenvalue weighted by Gasteiger charge is 2.33. The second-order valence-electron chi connectivity index (χ2n) is 2.35. The third-order valence-electron chi connectivity index (χ3n) is 1.62. The summed E-state index contributed by atoms with van der Waals surface area (Å²) in [5.74, 6) is -0.535. The summed E-state index contributed by atoms with van der Waals surface area (Å²) in [6.45, 7) is 0. The van der Waals surface area contributed by atoms with Gasteiger partial charge in [-0.2, -0.15) is 0 Å². The predicted molar refractivity (Wildman–Crippen MR) is 42.5 cm³/mol. The fraction of sp³-hybridized carbons (Fsp3) is 0.250. The molecule has 0 saturated heterocycles. The van der Waals surface area contributed by atoms with E-state index in [1.807, 2.05) is 0 Å². The normalized spacial score (nSPS) is 35.2. The summed E-state index contributed by atoms with van der Waals surface area (Å²) >= 11 is 5.79. The molecule has 0 aliphatic heterocycles. The molecule has 0 spiro atoms. The average Bonchev–Trinajstić information content (AvgIpc) is 2.05. The topological polar surface area (TPSA) is 34.1 Å². The van der Waals surface area contributed by atoms with E-state index >= 15 is 0 Å². The largest absolute Gasteiger partial charge is 0.303 e. The van der Waals surface area contributed by atoms with Crippen LogP contribution in [0.15, 0.2) is 24.3 Å². The van der Waals surface area contributed by atoms with Crippen molar-refractivity contribution in [2.45, 2.75) is 4.87 Å². The molecule has 0 aromatic heterocycles. The maximum Gasteiger partial charge on any atom is 0.145 e. The molecule has 0 aromatic rings. The van der Waals surface area contributed by atoms with Gasteiger partial charge in [-0.1, -0.05) is 24.3 Å². The molecule has 1 aliphatic rings. The number of allylic oxidation sites excluding steroid dienone is 4. The lowest BCUT2D eigenvalue weighted by Gasteiger charge is -2.22. The van der Waals surface area contributed by atoms with E-state index in [1.165, 1.54) is 6.08 Å². The first kappa shape index (κ1) is 8.21. The number of carbonyl (C=O) groups excluding carboxylic acids is 2. The van der Waals surface area contributed by atoms with Gasteiger partial charge in [0.2, 0.25) is 0 Å². The first-order chi connectivity index (χ1) is 5.23. The molecule has 2 unspecified atom stereocenters. The zero-order valence-electron chi connectivity index (χ0n) is 5.74. The van der Waals surface area contributed by atoms with E-state index in [0.29, 0.717) is 12.6 Å². The molecule has 0 radical (unpaired) electrons. The van der Waals surface area contributed by atoms with Crippen LogP contribution in [-0.2, 0) is 9.59 Å². The van der Waals surface area contributed by atoms with E-state index in [4.69, 9.17) is 11.6 Å². The number of alkyl halides is 1. The molecule has 0 amide bonds. The summed E-state index contributed by atoms with van der Waals surface area (Å²) in [7, 11) is 0. The van der Waals surface area contributed by atoms with Crippen LogP contribution in [0.2, 0.25) is 0 Å². The van der Waals surface area contributed by atoms with Gasteiger partial charge in [-0.25, -0.2) is 0 Å². The molecule has 2 nitrogen and oxygen atoms in total. The molecule has 0 saturated carbocycles. The monoisotopic (exact) mass is 170 g/mol. The summed E-state index contributed by atoms with van der Waals surface area (Å²) in [5, 5.41) is 0. The number of carbonyl (C=O) groups is 2. The third kappa shape index (κ3) is 1.40. The van der Waals surface area contributed by atoms with E-state index in [2.05, 4.69) is 0 Å². The number of hydrogen-bond acceptors (Lipinski definition) is 2. The Balaban J connectivity index is 2.94. The van der Waals surface area contributed by atoms with Crippen molar-refractivity contribution in [1.82, 2.24) is 0 Å². The highest BCUT2D eigenvalue weighted by molar-refractivity contribution is 6.34. The summed E-state index contributed by atoms with van der Waals surface area (Å²) in [6.07, 6.45) is 7.72.